The van der Waals surface area contributed by atoms with E-state index in [-0.39, 0.29) is 12.1 Å². The smallest absolute Gasteiger partial charge is 0.322 e. The minimum atomic E-state index is -0.0379. The number of ether oxygens (including phenoxy) is 1. The van der Waals surface area contributed by atoms with Crippen LogP contribution in [0, 0.1) is 6.92 Å². The van der Waals surface area contributed by atoms with Crippen molar-refractivity contribution in [1.82, 2.24) is 4.90 Å². The van der Waals surface area contributed by atoms with Gasteiger partial charge in [0.2, 0.25) is 0 Å². The molecule has 1 aliphatic rings. The summed E-state index contributed by atoms with van der Waals surface area (Å²) in [5, 5.41) is 3.08. The zero-order valence-corrected chi connectivity index (χ0v) is 16.0. The Bertz CT molecular complexity index is 771. The number of hydrogen-bond acceptors (Lipinski definition) is 3. The fourth-order valence-corrected chi connectivity index (χ4v) is 3.44. The van der Waals surface area contributed by atoms with Gasteiger partial charge in [-0.05, 0) is 61.2 Å². The molecular weight excluding hydrogens is 326 g/mol. The third-order valence-electron chi connectivity index (χ3n) is 4.98. The number of carbonyl (C=O) groups excluding carboxylic acids is 1. The monoisotopic (exact) mass is 353 g/mol. The summed E-state index contributed by atoms with van der Waals surface area (Å²) in [4.78, 5) is 16.9. The summed E-state index contributed by atoms with van der Waals surface area (Å²) in [5.41, 5.74) is 4.20. The Balaban J connectivity index is 1.74. The highest BCUT2D eigenvalue weighted by Gasteiger charge is 2.30. The first-order chi connectivity index (χ1) is 12.5. The Labute approximate surface area is 155 Å². The van der Waals surface area contributed by atoms with Crippen LogP contribution < -0.4 is 15.0 Å². The summed E-state index contributed by atoms with van der Waals surface area (Å²) in [6.07, 6.45) is 2.00. The van der Waals surface area contributed by atoms with Gasteiger partial charge < -0.3 is 19.9 Å². The lowest BCUT2D eigenvalue weighted by Gasteiger charge is -2.26. The molecule has 0 spiro atoms. The summed E-state index contributed by atoms with van der Waals surface area (Å²) in [6, 6.07) is 14.2. The summed E-state index contributed by atoms with van der Waals surface area (Å²) in [5.74, 6) is 0.833. The number of likely N-dealkylation sites (tertiary alicyclic amines) is 1. The number of aryl methyl sites for hydroxylation is 1. The Morgan fingerprint density at radius 1 is 1.19 bits per heavy atom. The van der Waals surface area contributed by atoms with Crippen molar-refractivity contribution in [2.75, 3.05) is 38.0 Å². The number of carbonyl (C=O) groups is 1. The third-order valence-corrected chi connectivity index (χ3v) is 4.98. The van der Waals surface area contributed by atoms with Crippen molar-refractivity contribution in [2.24, 2.45) is 0 Å². The highest BCUT2D eigenvalue weighted by Crippen LogP contribution is 2.33. The standard InChI is InChI=1S/C21H27N3O2/c1-15-14-17(23(2)3)9-12-19(15)22-21(25)24-13-5-6-20(24)16-7-10-18(26-4)11-8-16/h7-12,14,20H,5-6,13H2,1-4H3,(H,22,25). The van der Waals surface area contributed by atoms with Crippen molar-refractivity contribution >= 4 is 17.4 Å². The van der Waals surface area contributed by atoms with E-state index in [0.717, 1.165) is 47.6 Å². The number of benzene rings is 2. The Kier molecular flexibility index (Phi) is 5.35. The van der Waals surface area contributed by atoms with Crippen LogP contribution in [0.4, 0.5) is 16.2 Å². The molecule has 0 bridgehead atoms. The molecule has 5 heteroatoms. The molecule has 1 atom stereocenters. The highest BCUT2D eigenvalue weighted by molar-refractivity contribution is 5.91. The quantitative estimate of drug-likeness (QED) is 0.884. The van der Waals surface area contributed by atoms with E-state index < -0.39 is 0 Å². The van der Waals surface area contributed by atoms with E-state index in [0.29, 0.717) is 0 Å². The second kappa shape index (κ2) is 7.68. The number of anilines is 2. The highest BCUT2D eigenvalue weighted by atomic mass is 16.5. The van der Waals surface area contributed by atoms with Gasteiger partial charge in [0, 0.05) is 32.0 Å². The lowest BCUT2D eigenvalue weighted by atomic mass is 10.0. The summed E-state index contributed by atoms with van der Waals surface area (Å²) in [6.45, 7) is 2.80. The van der Waals surface area contributed by atoms with Gasteiger partial charge in [-0.3, -0.25) is 0 Å². The van der Waals surface area contributed by atoms with Gasteiger partial charge in [-0.1, -0.05) is 12.1 Å². The number of amides is 2. The Hall–Kier alpha value is -2.69. The van der Waals surface area contributed by atoms with Gasteiger partial charge in [0.15, 0.2) is 0 Å². The van der Waals surface area contributed by atoms with E-state index in [2.05, 4.69) is 16.3 Å². The zero-order valence-electron chi connectivity index (χ0n) is 16.0. The van der Waals surface area contributed by atoms with Crippen LogP contribution in [0.25, 0.3) is 0 Å². The average molecular weight is 353 g/mol. The predicted octanol–water partition coefficient (Wildman–Crippen LogP) is 4.44. The molecule has 138 valence electrons. The van der Waals surface area contributed by atoms with E-state index in [1.54, 1.807) is 7.11 Å². The maximum Gasteiger partial charge on any atom is 0.322 e. The average Bonchev–Trinajstić information content (AvgIpc) is 3.13. The SMILES string of the molecule is COc1ccc(C2CCCN2C(=O)Nc2ccc(N(C)C)cc2C)cc1. The molecule has 26 heavy (non-hydrogen) atoms. The normalized spacial score (nSPS) is 16.5. The minimum Gasteiger partial charge on any atom is -0.497 e. The maximum atomic E-state index is 12.9. The first kappa shape index (κ1) is 18.1. The van der Waals surface area contributed by atoms with Gasteiger partial charge in [-0.15, -0.1) is 0 Å². The number of nitrogens with one attached hydrogen (secondary N) is 1. The van der Waals surface area contributed by atoms with Gasteiger partial charge in [-0.2, -0.15) is 0 Å². The van der Waals surface area contributed by atoms with Crippen molar-refractivity contribution in [1.29, 1.82) is 0 Å². The molecule has 0 radical (unpaired) electrons. The zero-order chi connectivity index (χ0) is 18.7. The second-order valence-electron chi connectivity index (χ2n) is 6.95. The van der Waals surface area contributed by atoms with Crippen LogP contribution >= 0.6 is 0 Å². The first-order valence-electron chi connectivity index (χ1n) is 8.99. The molecule has 3 rings (SSSR count). The molecule has 1 heterocycles. The molecule has 0 aromatic heterocycles. The minimum absolute atomic E-state index is 0.0379. The van der Waals surface area contributed by atoms with E-state index >= 15 is 0 Å². The van der Waals surface area contributed by atoms with Gasteiger partial charge >= 0.3 is 6.03 Å². The van der Waals surface area contributed by atoms with Crippen molar-refractivity contribution in [2.45, 2.75) is 25.8 Å². The molecule has 0 aliphatic carbocycles. The Morgan fingerprint density at radius 3 is 2.54 bits per heavy atom. The lowest BCUT2D eigenvalue weighted by molar-refractivity contribution is 0.207. The molecule has 1 aliphatic heterocycles. The van der Waals surface area contributed by atoms with Crippen molar-refractivity contribution < 1.29 is 9.53 Å². The largest absolute Gasteiger partial charge is 0.497 e. The van der Waals surface area contributed by atoms with E-state index in [1.807, 2.05) is 62.3 Å². The van der Waals surface area contributed by atoms with Gasteiger partial charge in [0.25, 0.3) is 0 Å². The van der Waals surface area contributed by atoms with E-state index in [4.69, 9.17) is 4.74 Å². The molecular formula is C21H27N3O2. The predicted molar refractivity (Wildman–Crippen MR) is 106 cm³/mol. The molecule has 2 amide bonds. The molecule has 0 saturated carbocycles. The number of methoxy groups -OCH3 is 1. The van der Waals surface area contributed by atoms with Gasteiger partial charge in [0.05, 0.1) is 13.2 Å². The summed E-state index contributed by atoms with van der Waals surface area (Å²) < 4.78 is 5.23. The summed E-state index contributed by atoms with van der Waals surface area (Å²) >= 11 is 0. The lowest BCUT2D eigenvalue weighted by Crippen LogP contribution is -2.34. The molecule has 1 fully saturated rings. The Morgan fingerprint density at radius 2 is 1.92 bits per heavy atom. The molecule has 1 saturated heterocycles. The van der Waals surface area contributed by atoms with Crippen LogP contribution in [0.5, 0.6) is 5.75 Å². The van der Waals surface area contributed by atoms with Crippen LogP contribution in [0.3, 0.4) is 0 Å². The number of nitrogens with zero attached hydrogens (tertiary/aromatic N) is 2. The van der Waals surface area contributed by atoms with Crippen LogP contribution in [-0.2, 0) is 0 Å². The maximum absolute atomic E-state index is 12.9. The fourth-order valence-electron chi connectivity index (χ4n) is 3.44. The van der Waals surface area contributed by atoms with Gasteiger partial charge in [0.1, 0.15) is 5.75 Å². The van der Waals surface area contributed by atoms with E-state index in [9.17, 15) is 4.79 Å². The van der Waals surface area contributed by atoms with Crippen molar-refractivity contribution in [3.8, 4) is 5.75 Å². The van der Waals surface area contributed by atoms with Crippen molar-refractivity contribution in [3.05, 3.63) is 53.6 Å². The molecule has 5 nitrogen and oxygen atoms in total. The number of rotatable bonds is 4. The fraction of sp³-hybridized carbons (Fsp3) is 0.381. The first-order valence-corrected chi connectivity index (χ1v) is 8.99. The molecule has 2 aromatic rings. The molecule has 2 aromatic carbocycles. The number of hydrogen-bond donors (Lipinski definition) is 1. The van der Waals surface area contributed by atoms with Crippen LogP contribution in [0.2, 0.25) is 0 Å². The van der Waals surface area contributed by atoms with Crippen LogP contribution in [0.1, 0.15) is 30.0 Å². The summed E-state index contributed by atoms with van der Waals surface area (Å²) in [7, 11) is 5.68. The second-order valence-corrected chi connectivity index (χ2v) is 6.95. The van der Waals surface area contributed by atoms with Crippen LogP contribution in [0.15, 0.2) is 42.5 Å². The van der Waals surface area contributed by atoms with E-state index in [1.165, 1.54) is 0 Å². The van der Waals surface area contributed by atoms with Crippen LogP contribution in [-0.4, -0.2) is 38.7 Å². The van der Waals surface area contributed by atoms with Crippen molar-refractivity contribution in [3.63, 3.8) is 0 Å². The topological polar surface area (TPSA) is 44.8 Å². The third kappa shape index (κ3) is 3.77. The van der Waals surface area contributed by atoms with Gasteiger partial charge in [-0.25, -0.2) is 4.79 Å². The number of urea groups is 1. The molecule has 1 unspecified atom stereocenters. The molecule has 1 N–H and O–H groups in total.